The van der Waals surface area contributed by atoms with E-state index in [2.05, 4.69) is 47.2 Å². The molecule has 0 aliphatic carbocycles. The first-order chi connectivity index (χ1) is 7.84. The van der Waals surface area contributed by atoms with Crippen LogP contribution in [-0.4, -0.2) is 34.2 Å². The molecule has 2 aromatic rings. The predicted molar refractivity (Wildman–Crippen MR) is 65.7 cm³/mol. The summed E-state index contributed by atoms with van der Waals surface area (Å²) < 4.78 is 4.23. The monoisotopic (exact) mass is 212 g/mol. The number of fused-ring (bicyclic) bond motifs is 1. The number of hydrogen-bond acceptors (Lipinski definition) is 1. The van der Waals surface area contributed by atoms with Gasteiger partial charge in [-0.2, -0.15) is 5.10 Å². The molecule has 1 aliphatic heterocycles. The summed E-state index contributed by atoms with van der Waals surface area (Å²) in [6.45, 7) is 1.06. The van der Waals surface area contributed by atoms with Crippen LogP contribution in [0.3, 0.4) is 0 Å². The van der Waals surface area contributed by atoms with Crippen LogP contribution >= 0.6 is 0 Å². The molecule has 0 fully saturated rings. The van der Waals surface area contributed by atoms with Crippen LogP contribution < -0.4 is 0 Å². The Kier molecular flexibility index (Phi) is 2.10. The minimum atomic E-state index is 1.04. The average molecular weight is 212 g/mol. The van der Waals surface area contributed by atoms with E-state index in [1.165, 1.54) is 16.6 Å². The highest BCUT2D eigenvalue weighted by molar-refractivity contribution is 5.84. The smallest absolute Gasteiger partial charge is 0.164 e. The highest BCUT2D eigenvalue weighted by Crippen LogP contribution is 2.19. The molecule has 0 amide bonds. The van der Waals surface area contributed by atoms with E-state index in [4.69, 9.17) is 0 Å². The van der Waals surface area contributed by atoms with Crippen molar-refractivity contribution < 1.29 is 4.58 Å². The lowest BCUT2D eigenvalue weighted by molar-refractivity contribution is -0.491. The van der Waals surface area contributed by atoms with Crippen LogP contribution in [0.15, 0.2) is 36.5 Å². The standard InChI is InChI=1S/C13H14N3/c1-15-8-6-12(7-9-15)16-13-5-3-2-4-11(13)10-14-16/h2-6,8,10H,7,9H2,1H3/q+1. The van der Waals surface area contributed by atoms with Gasteiger partial charge in [0.25, 0.3) is 0 Å². The number of rotatable bonds is 1. The van der Waals surface area contributed by atoms with Gasteiger partial charge in [-0.15, -0.1) is 0 Å². The average Bonchev–Trinajstić information content (AvgIpc) is 2.74. The maximum absolute atomic E-state index is 4.45. The van der Waals surface area contributed by atoms with E-state index in [0.29, 0.717) is 0 Å². The molecule has 0 unspecified atom stereocenters. The van der Waals surface area contributed by atoms with Gasteiger partial charge in [0.1, 0.15) is 13.6 Å². The van der Waals surface area contributed by atoms with Crippen molar-refractivity contribution in [1.82, 2.24) is 9.78 Å². The van der Waals surface area contributed by atoms with Crippen molar-refractivity contribution >= 4 is 22.8 Å². The third kappa shape index (κ3) is 1.45. The molecule has 0 atom stereocenters. The summed E-state index contributed by atoms with van der Waals surface area (Å²) >= 11 is 0. The maximum Gasteiger partial charge on any atom is 0.164 e. The largest absolute Gasteiger partial charge is 0.238 e. The Hall–Kier alpha value is -1.90. The molecule has 1 aromatic carbocycles. The molecule has 16 heavy (non-hydrogen) atoms. The van der Waals surface area contributed by atoms with E-state index in [1.807, 2.05) is 16.9 Å². The lowest BCUT2D eigenvalue weighted by atomic mass is 10.2. The molecule has 1 aromatic heterocycles. The van der Waals surface area contributed by atoms with E-state index in [0.717, 1.165) is 13.0 Å². The number of hydrogen-bond donors (Lipinski definition) is 0. The van der Waals surface area contributed by atoms with Gasteiger partial charge in [-0.05, 0) is 6.07 Å². The predicted octanol–water partition coefficient (Wildman–Crippen LogP) is 1.99. The fourth-order valence-electron chi connectivity index (χ4n) is 2.04. The SMILES string of the molecule is C[N+]1=CC=C(n2ncc3ccccc32)CC1. The summed E-state index contributed by atoms with van der Waals surface area (Å²) in [5, 5.41) is 5.65. The van der Waals surface area contributed by atoms with Crippen molar-refractivity contribution in [2.24, 2.45) is 0 Å². The molecule has 0 radical (unpaired) electrons. The van der Waals surface area contributed by atoms with Crippen LogP contribution in [0.2, 0.25) is 0 Å². The van der Waals surface area contributed by atoms with Crippen LogP contribution in [0, 0.1) is 0 Å². The summed E-state index contributed by atoms with van der Waals surface area (Å²) in [7, 11) is 2.09. The molecule has 0 bridgehead atoms. The van der Waals surface area contributed by atoms with Gasteiger partial charge < -0.3 is 0 Å². The minimum Gasteiger partial charge on any atom is -0.238 e. The second-order valence-electron chi connectivity index (χ2n) is 4.15. The van der Waals surface area contributed by atoms with Crippen LogP contribution in [0.25, 0.3) is 16.6 Å². The Balaban J connectivity index is 2.13. The Morgan fingerprint density at radius 3 is 3.00 bits per heavy atom. The Morgan fingerprint density at radius 1 is 1.31 bits per heavy atom. The number of nitrogens with zero attached hydrogens (tertiary/aromatic N) is 3. The van der Waals surface area contributed by atoms with Crippen molar-refractivity contribution in [3.63, 3.8) is 0 Å². The summed E-state index contributed by atoms with van der Waals surface area (Å²) in [4.78, 5) is 0. The zero-order valence-corrected chi connectivity index (χ0v) is 9.30. The van der Waals surface area contributed by atoms with Gasteiger partial charge in [0, 0.05) is 17.9 Å². The number of aromatic nitrogens is 2. The Bertz CT molecular complexity index is 590. The number of benzene rings is 1. The molecule has 3 nitrogen and oxygen atoms in total. The van der Waals surface area contributed by atoms with Gasteiger partial charge in [-0.3, -0.25) is 0 Å². The van der Waals surface area contributed by atoms with E-state index >= 15 is 0 Å². The third-order valence-corrected chi connectivity index (χ3v) is 2.99. The highest BCUT2D eigenvalue weighted by Gasteiger charge is 2.12. The first kappa shape index (κ1) is 9.33. The van der Waals surface area contributed by atoms with E-state index in [9.17, 15) is 0 Å². The zero-order valence-electron chi connectivity index (χ0n) is 9.30. The first-order valence-corrected chi connectivity index (χ1v) is 5.52. The molecule has 3 rings (SSSR count). The minimum absolute atomic E-state index is 1.04. The van der Waals surface area contributed by atoms with Crippen LogP contribution in [0.5, 0.6) is 0 Å². The summed E-state index contributed by atoms with van der Waals surface area (Å²) in [6.07, 6.45) is 7.21. The first-order valence-electron chi connectivity index (χ1n) is 5.52. The van der Waals surface area contributed by atoms with Gasteiger partial charge in [0.05, 0.1) is 17.4 Å². The van der Waals surface area contributed by atoms with Gasteiger partial charge >= 0.3 is 0 Å². The van der Waals surface area contributed by atoms with Gasteiger partial charge in [0.2, 0.25) is 0 Å². The topological polar surface area (TPSA) is 20.8 Å². The molecular weight excluding hydrogens is 198 g/mol. The zero-order chi connectivity index (χ0) is 11.0. The summed E-state index contributed by atoms with van der Waals surface area (Å²) in [6, 6.07) is 8.31. The molecule has 0 saturated carbocycles. The Morgan fingerprint density at radius 2 is 2.19 bits per heavy atom. The van der Waals surface area contributed by atoms with E-state index in [-0.39, 0.29) is 0 Å². The molecule has 3 heteroatoms. The molecule has 0 spiro atoms. The lowest BCUT2D eigenvalue weighted by Crippen LogP contribution is -2.15. The van der Waals surface area contributed by atoms with Crippen LogP contribution in [0.4, 0.5) is 0 Å². The molecular formula is C13H14N3+. The molecule has 2 heterocycles. The quantitative estimate of drug-likeness (QED) is 0.662. The van der Waals surface area contributed by atoms with Crippen LogP contribution in [-0.2, 0) is 0 Å². The maximum atomic E-state index is 4.45. The van der Waals surface area contributed by atoms with Gasteiger partial charge in [-0.1, -0.05) is 18.2 Å². The van der Waals surface area contributed by atoms with E-state index < -0.39 is 0 Å². The molecule has 0 saturated heterocycles. The highest BCUT2D eigenvalue weighted by atomic mass is 15.3. The second-order valence-corrected chi connectivity index (χ2v) is 4.15. The second kappa shape index (κ2) is 3.59. The fraction of sp³-hybridized carbons (Fsp3) is 0.231. The van der Waals surface area contributed by atoms with Crippen molar-refractivity contribution in [3.05, 3.63) is 36.5 Å². The van der Waals surface area contributed by atoms with Gasteiger partial charge in [0.15, 0.2) is 6.21 Å². The van der Waals surface area contributed by atoms with Crippen molar-refractivity contribution in [1.29, 1.82) is 0 Å². The van der Waals surface area contributed by atoms with E-state index in [1.54, 1.807) is 0 Å². The van der Waals surface area contributed by atoms with Crippen LogP contribution in [0.1, 0.15) is 6.42 Å². The summed E-state index contributed by atoms with van der Waals surface area (Å²) in [5.41, 5.74) is 2.45. The van der Waals surface area contributed by atoms with Crippen molar-refractivity contribution in [3.8, 4) is 0 Å². The fourth-order valence-corrected chi connectivity index (χ4v) is 2.04. The van der Waals surface area contributed by atoms with Crippen molar-refractivity contribution in [2.45, 2.75) is 6.42 Å². The Labute approximate surface area is 94.3 Å². The summed E-state index contributed by atoms with van der Waals surface area (Å²) in [5.74, 6) is 0. The van der Waals surface area contributed by atoms with Gasteiger partial charge in [-0.25, -0.2) is 9.26 Å². The molecule has 80 valence electrons. The van der Waals surface area contributed by atoms with Crippen molar-refractivity contribution in [2.75, 3.05) is 13.6 Å². The lowest BCUT2D eigenvalue weighted by Gasteiger charge is -2.10. The molecule has 1 aliphatic rings. The number of para-hydroxylation sites is 1. The number of allylic oxidation sites excluding steroid dienone is 1. The normalized spacial score (nSPS) is 16.1. The third-order valence-electron chi connectivity index (χ3n) is 2.99. The molecule has 0 N–H and O–H groups in total.